The first kappa shape index (κ1) is 7.06. The molecule has 0 saturated carbocycles. The molecular formula is C8H10O2. The maximum Gasteiger partial charge on any atom is 0.312 e. The molecule has 1 aliphatic carbocycles. The molecular weight excluding hydrogens is 128 g/mol. The van der Waals surface area contributed by atoms with Gasteiger partial charge >= 0.3 is 5.97 Å². The summed E-state index contributed by atoms with van der Waals surface area (Å²) in [6.45, 7) is 0. The quantitative estimate of drug-likeness (QED) is 0.510. The molecule has 0 radical (unpaired) electrons. The molecule has 1 aliphatic rings. The normalized spacial score (nSPS) is 22.7. The van der Waals surface area contributed by atoms with Gasteiger partial charge in [-0.3, -0.25) is 4.79 Å². The Hall–Kier alpha value is -1.05. The van der Waals surface area contributed by atoms with E-state index in [0.29, 0.717) is 0 Å². The number of methoxy groups -OCH3 is 1. The molecule has 0 N–H and O–H groups in total. The van der Waals surface area contributed by atoms with Gasteiger partial charge in [0, 0.05) is 0 Å². The molecule has 0 heterocycles. The first-order chi connectivity index (χ1) is 4.84. The minimum atomic E-state index is -0.152. The molecule has 0 fully saturated rings. The van der Waals surface area contributed by atoms with E-state index in [2.05, 4.69) is 4.74 Å². The zero-order valence-corrected chi connectivity index (χ0v) is 5.91. The zero-order chi connectivity index (χ0) is 7.40. The Labute approximate surface area is 60.2 Å². The van der Waals surface area contributed by atoms with Gasteiger partial charge < -0.3 is 4.74 Å². The second-order valence-electron chi connectivity index (χ2n) is 2.18. The Kier molecular flexibility index (Phi) is 2.26. The first-order valence-electron chi connectivity index (χ1n) is 3.26. The van der Waals surface area contributed by atoms with Crippen molar-refractivity contribution in [2.45, 2.75) is 6.42 Å². The smallest absolute Gasteiger partial charge is 0.312 e. The number of allylic oxidation sites excluding steroid dienone is 3. The fourth-order valence-corrected chi connectivity index (χ4v) is 0.907. The summed E-state index contributed by atoms with van der Waals surface area (Å²) >= 11 is 0. The van der Waals surface area contributed by atoms with Gasteiger partial charge in [0.05, 0.1) is 13.0 Å². The SMILES string of the molecule is COC(=O)[C@@H]1C=CC=CC1. The Balaban J connectivity index is 2.51. The maximum absolute atomic E-state index is 10.9. The molecule has 0 aromatic rings. The van der Waals surface area contributed by atoms with E-state index in [1.54, 1.807) is 0 Å². The van der Waals surface area contributed by atoms with Crippen LogP contribution in [0.3, 0.4) is 0 Å². The minimum Gasteiger partial charge on any atom is -0.469 e. The highest BCUT2D eigenvalue weighted by Crippen LogP contribution is 2.12. The van der Waals surface area contributed by atoms with Crippen molar-refractivity contribution < 1.29 is 9.53 Å². The third kappa shape index (κ3) is 1.47. The highest BCUT2D eigenvalue weighted by atomic mass is 16.5. The van der Waals surface area contributed by atoms with Crippen LogP contribution >= 0.6 is 0 Å². The second kappa shape index (κ2) is 3.20. The van der Waals surface area contributed by atoms with E-state index < -0.39 is 0 Å². The predicted octanol–water partition coefficient (Wildman–Crippen LogP) is 1.29. The van der Waals surface area contributed by atoms with Crippen LogP contribution in [0, 0.1) is 5.92 Å². The number of esters is 1. The number of ether oxygens (including phenoxy) is 1. The maximum atomic E-state index is 10.9. The summed E-state index contributed by atoms with van der Waals surface area (Å²) in [5, 5.41) is 0. The van der Waals surface area contributed by atoms with Crippen molar-refractivity contribution in [3.05, 3.63) is 24.3 Å². The van der Waals surface area contributed by atoms with Crippen LogP contribution in [0.15, 0.2) is 24.3 Å². The molecule has 2 heteroatoms. The molecule has 1 rings (SSSR count). The molecule has 0 spiro atoms. The molecule has 0 unspecified atom stereocenters. The lowest BCUT2D eigenvalue weighted by atomic mass is 10.0. The van der Waals surface area contributed by atoms with Gasteiger partial charge in [-0.05, 0) is 6.42 Å². The summed E-state index contributed by atoms with van der Waals surface area (Å²) in [6.07, 6.45) is 8.38. The van der Waals surface area contributed by atoms with Crippen LogP contribution in [0.2, 0.25) is 0 Å². The Morgan fingerprint density at radius 2 is 2.40 bits per heavy atom. The van der Waals surface area contributed by atoms with E-state index in [1.165, 1.54) is 7.11 Å². The Bertz CT molecular complexity index is 180. The molecule has 0 amide bonds. The van der Waals surface area contributed by atoms with E-state index in [4.69, 9.17) is 0 Å². The van der Waals surface area contributed by atoms with Gasteiger partial charge in [0.15, 0.2) is 0 Å². The van der Waals surface area contributed by atoms with Crippen molar-refractivity contribution in [2.75, 3.05) is 7.11 Å². The van der Waals surface area contributed by atoms with E-state index >= 15 is 0 Å². The van der Waals surface area contributed by atoms with Crippen molar-refractivity contribution in [1.29, 1.82) is 0 Å². The van der Waals surface area contributed by atoms with Crippen LogP contribution in [-0.4, -0.2) is 13.1 Å². The van der Waals surface area contributed by atoms with Gasteiger partial charge in [-0.25, -0.2) is 0 Å². The summed E-state index contributed by atoms with van der Waals surface area (Å²) in [4.78, 5) is 10.9. The highest BCUT2D eigenvalue weighted by molar-refractivity contribution is 5.74. The average molecular weight is 138 g/mol. The van der Waals surface area contributed by atoms with Crippen LogP contribution in [0.5, 0.6) is 0 Å². The predicted molar refractivity (Wildman–Crippen MR) is 38.4 cm³/mol. The van der Waals surface area contributed by atoms with Crippen LogP contribution < -0.4 is 0 Å². The van der Waals surface area contributed by atoms with Crippen molar-refractivity contribution in [3.8, 4) is 0 Å². The summed E-state index contributed by atoms with van der Waals surface area (Å²) < 4.78 is 4.57. The lowest BCUT2D eigenvalue weighted by Crippen LogP contribution is -2.13. The highest BCUT2D eigenvalue weighted by Gasteiger charge is 2.14. The lowest BCUT2D eigenvalue weighted by molar-refractivity contribution is -0.143. The molecule has 0 bridgehead atoms. The lowest BCUT2D eigenvalue weighted by Gasteiger charge is -2.08. The largest absolute Gasteiger partial charge is 0.469 e. The zero-order valence-electron chi connectivity index (χ0n) is 5.91. The van der Waals surface area contributed by atoms with Crippen LogP contribution in [0.4, 0.5) is 0 Å². The second-order valence-corrected chi connectivity index (χ2v) is 2.18. The number of carbonyl (C=O) groups excluding carboxylic acids is 1. The monoisotopic (exact) mass is 138 g/mol. The minimum absolute atomic E-state index is 0.0602. The van der Waals surface area contributed by atoms with Crippen LogP contribution in [-0.2, 0) is 9.53 Å². The number of hydrogen-bond donors (Lipinski definition) is 0. The van der Waals surface area contributed by atoms with Gasteiger partial charge in [0.2, 0.25) is 0 Å². The summed E-state index contributed by atoms with van der Waals surface area (Å²) in [5.74, 6) is -0.212. The van der Waals surface area contributed by atoms with Crippen molar-refractivity contribution in [3.63, 3.8) is 0 Å². The standard InChI is InChI=1S/C8H10O2/c1-10-8(9)7-5-3-2-4-6-7/h2-5,7H,6H2,1H3/t7-/m1/s1. The van der Waals surface area contributed by atoms with Gasteiger partial charge in [0.1, 0.15) is 0 Å². The molecule has 0 aromatic carbocycles. The molecule has 54 valence electrons. The molecule has 0 aliphatic heterocycles. The van der Waals surface area contributed by atoms with Gasteiger partial charge in [0.25, 0.3) is 0 Å². The Morgan fingerprint density at radius 3 is 2.90 bits per heavy atom. The van der Waals surface area contributed by atoms with E-state index in [9.17, 15) is 4.79 Å². The third-order valence-electron chi connectivity index (χ3n) is 1.48. The van der Waals surface area contributed by atoms with E-state index in [-0.39, 0.29) is 11.9 Å². The summed E-state index contributed by atoms with van der Waals surface area (Å²) in [5.41, 5.74) is 0. The van der Waals surface area contributed by atoms with Gasteiger partial charge in [-0.2, -0.15) is 0 Å². The van der Waals surface area contributed by atoms with Gasteiger partial charge in [-0.15, -0.1) is 0 Å². The molecule has 1 atom stereocenters. The first-order valence-corrected chi connectivity index (χ1v) is 3.26. The molecule has 2 nitrogen and oxygen atoms in total. The molecule has 10 heavy (non-hydrogen) atoms. The summed E-state index contributed by atoms with van der Waals surface area (Å²) in [6, 6.07) is 0. The average Bonchev–Trinajstić information content (AvgIpc) is 2.05. The fraction of sp³-hybridized carbons (Fsp3) is 0.375. The van der Waals surface area contributed by atoms with Gasteiger partial charge in [-0.1, -0.05) is 24.3 Å². The molecule has 0 aromatic heterocycles. The summed E-state index contributed by atoms with van der Waals surface area (Å²) in [7, 11) is 1.41. The topological polar surface area (TPSA) is 26.3 Å². The van der Waals surface area contributed by atoms with Crippen molar-refractivity contribution in [2.24, 2.45) is 5.92 Å². The van der Waals surface area contributed by atoms with Crippen molar-refractivity contribution in [1.82, 2.24) is 0 Å². The fourth-order valence-electron chi connectivity index (χ4n) is 0.907. The van der Waals surface area contributed by atoms with Crippen LogP contribution in [0.25, 0.3) is 0 Å². The van der Waals surface area contributed by atoms with E-state index in [0.717, 1.165) is 6.42 Å². The van der Waals surface area contributed by atoms with Crippen molar-refractivity contribution >= 4 is 5.97 Å². The third-order valence-corrected chi connectivity index (χ3v) is 1.48. The molecule has 0 saturated heterocycles. The Morgan fingerprint density at radius 1 is 1.60 bits per heavy atom. The number of rotatable bonds is 1. The van der Waals surface area contributed by atoms with E-state index in [1.807, 2.05) is 24.3 Å². The number of hydrogen-bond acceptors (Lipinski definition) is 2. The number of carbonyl (C=O) groups is 1. The van der Waals surface area contributed by atoms with Crippen LogP contribution in [0.1, 0.15) is 6.42 Å².